The summed E-state index contributed by atoms with van der Waals surface area (Å²) in [5.41, 5.74) is 1.54. The molecule has 1 saturated heterocycles. The number of aromatic nitrogens is 2. The zero-order valence-corrected chi connectivity index (χ0v) is 12.5. The largest absolute Gasteiger partial charge is 0.479 e. The fourth-order valence-corrected chi connectivity index (χ4v) is 2.50. The summed E-state index contributed by atoms with van der Waals surface area (Å²) in [5.74, 6) is -1.28. The van der Waals surface area contributed by atoms with Crippen molar-refractivity contribution in [2.45, 2.75) is 12.6 Å². The molecule has 1 fully saturated rings. The highest BCUT2D eigenvalue weighted by atomic mass is 16.5. The van der Waals surface area contributed by atoms with Crippen molar-refractivity contribution in [3.05, 3.63) is 53.9 Å². The average molecular weight is 315 g/mol. The quantitative estimate of drug-likeness (QED) is 0.904. The van der Waals surface area contributed by atoms with Crippen LogP contribution in [0.5, 0.6) is 0 Å². The lowest BCUT2D eigenvalue weighted by Crippen LogP contribution is -2.48. The lowest BCUT2D eigenvalue weighted by atomic mass is 10.2. The first-order valence-corrected chi connectivity index (χ1v) is 7.33. The molecule has 1 atom stereocenters. The van der Waals surface area contributed by atoms with E-state index in [-0.39, 0.29) is 19.1 Å². The minimum Gasteiger partial charge on any atom is -0.479 e. The van der Waals surface area contributed by atoms with Crippen LogP contribution in [-0.4, -0.2) is 57.5 Å². The fourth-order valence-electron chi connectivity index (χ4n) is 2.50. The van der Waals surface area contributed by atoms with Gasteiger partial charge in [0, 0.05) is 12.7 Å². The van der Waals surface area contributed by atoms with Crippen LogP contribution < -0.4 is 0 Å². The van der Waals surface area contributed by atoms with E-state index in [1.807, 2.05) is 30.3 Å². The molecule has 1 amide bonds. The minimum absolute atomic E-state index is 0.0536. The van der Waals surface area contributed by atoms with Gasteiger partial charge in [0.25, 0.3) is 5.91 Å². The molecule has 2 aromatic rings. The van der Waals surface area contributed by atoms with E-state index in [0.717, 1.165) is 5.56 Å². The maximum absolute atomic E-state index is 12.5. The number of carboxylic acids is 1. The number of nitrogens with zero attached hydrogens (tertiary/aromatic N) is 3. The average Bonchev–Trinajstić information content (AvgIpc) is 3.03. The Morgan fingerprint density at radius 3 is 2.83 bits per heavy atom. The van der Waals surface area contributed by atoms with Crippen LogP contribution in [0.3, 0.4) is 0 Å². The van der Waals surface area contributed by atoms with Crippen LogP contribution in [0.1, 0.15) is 15.9 Å². The molecule has 1 N–H and O–H groups in total. The Kier molecular flexibility index (Phi) is 4.38. The maximum Gasteiger partial charge on any atom is 0.334 e. The van der Waals surface area contributed by atoms with Gasteiger partial charge in [-0.05, 0) is 5.56 Å². The number of amides is 1. The summed E-state index contributed by atoms with van der Waals surface area (Å²) in [5, 5.41) is 13.2. The monoisotopic (exact) mass is 315 g/mol. The number of carbonyl (C=O) groups excluding carboxylic acids is 1. The molecule has 3 rings (SSSR count). The van der Waals surface area contributed by atoms with Crippen LogP contribution in [0.2, 0.25) is 0 Å². The van der Waals surface area contributed by atoms with Gasteiger partial charge in [-0.2, -0.15) is 5.10 Å². The summed E-state index contributed by atoms with van der Waals surface area (Å²) < 4.78 is 6.82. The van der Waals surface area contributed by atoms with Crippen molar-refractivity contribution in [3.63, 3.8) is 0 Å². The van der Waals surface area contributed by atoms with E-state index in [1.165, 1.54) is 11.1 Å². The van der Waals surface area contributed by atoms with Crippen molar-refractivity contribution in [3.8, 4) is 0 Å². The molecule has 0 bridgehead atoms. The third-order valence-electron chi connectivity index (χ3n) is 3.70. The number of ether oxygens (including phenoxy) is 1. The predicted molar refractivity (Wildman–Crippen MR) is 81.1 cm³/mol. The predicted octanol–water partition coefficient (Wildman–Crippen LogP) is 0.857. The molecule has 23 heavy (non-hydrogen) atoms. The first-order valence-electron chi connectivity index (χ1n) is 7.33. The van der Waals surface area contributed by atoms with Crippen molar-refractivity contribution in [2.24, 2.45) is 0 Å². The third-order valence-corrected chi connectivity index (χ3v) is 3.70. The third kappa shape index (κ3) is 3.57. The topological polar surface area (TPSA) is 84.7 Å². The van der Waals surface area contributed by atoms with E-state index >= 15 is 0 Å². The molecule has 0 aliphatic carbocycles. The number of hydrogen-bond donors (Lipinski definition) is 1. The van der Waals surface area contributed by atoms with Crippen LogP contribution in [-0.2, 0) is 16.1 Å². The molecule has 2 heterocycles. The Labute approximate surface area is 133 Å². The highest BCUT2D eigenvalue weighted by Crippen LogP contribution is 2.11. The Morgan fingerprint density at radius 1 is 1.30 bits per heavy atom. The van der Waals surface area contributed by atoms with Crippen LogP contribution in [0, 0.1) is 0 Å². The molecule has 0 spiro atoms. The van der Waals surface area contributed by atoms with Crippen molar-refractivity contribution >= 4 is 11.9 Å². The van der Waals surface area contributed by atoms with E-state index < -0.39 is 12.1 Å². The smallest absolute Gasteiger partial charge is 0.334 e. The van der Waals surface area contributed by atoms with E-state index in [4.69, 9.17) is 9.84 Å². The maximum atomic E-state index is 12.5. The Morgan fingerprint density at radius 2 is 2.09 bits per heavy atom. The summed E-state index contributed by atoms with van der Waals surface area (Å²) in [7, 11) is 0. The van der Waals surface area contributed by atoms with Gasteiger partial charge in [-0.15, -0.1) is 0 Å². The second kappa shape index (κ2) is 6.62. The summed E-state index contributed by atoms with van der Waals surface area (Å²) in [6.07, 6.45) is 2.23. The molecule has 7 heteroatoms. The number of carbonyl (C=O) groups is 2. The molecular formula is C16H17N3O4. The molecule has 1 unspecified atom stereocenters. The van der Waals surface area contributed by atoms with Crippen molar-refractivity contribution in [1.29, 1.82) is 0 Å². The Balaban J connectivity index is 1.67. The first-order chi connectivity index (χ1) is 11.1. The van der Waals surface area contributed by atoms with Gasteiger partial charge >= 0.3 is 5.97 Å². The number of rotatable bonds is 4. The molecule has 1 aliphatic rings. The summed E-state index contributed by atoms with van der Waals surface area (Å²) >= 11 is 0. The van der Waals surface area contributed by atoms with Gasteiger partial charge in [0.1, 0.15) is 0 Å². The molecule has 0 radical (unpaired) electrons. The van der Waals surface area contributed by atoms with Crippen LogP contribution in [0.15, 0.2) is 42.7 Å². The summed E-state index contributed by atoms with van der Waals surface area (Å²) in [4.78, 5) is 24.9. The van der Waals surface area contributed by atoms with Crippen molar-refractivity contribution in [1.82, 2.24) is 14.7 Å². The first kappa shape index (κ1) is 15.2. The van der Waals surface area contributed by atoms with E-state index in [2.05, 4.69) is 5.10 Å². The molecule has 120 valence electrons. The number of morpholine rings is 1. The zero-order chi connectivity index (χ0) is 16.2. The molecule has 0 saturated carbocycles. The van der Waals surface area contributed by atoms with Crippen molar-refractivity contribution in [2.75, 3.05) is 19.7 Å². The summed E-state index contributed by atoms with van der Waals surface area (Å²) in [6.45, 7) is 1.24. The minimum atomic E-state index is -1.05. The highest BCUT2D eigenvalue weighted by Gasteiger charge is 2.29. The normalized spacial score (nSPS) is 17.9. The summed E-state index contributed by atoms with van der Waals surface area (Å²) in [6, 6.07) is 9.82. The Hall–Kier alpha value is -2.67. The van der Waals surface area contributed by atoms with Crippen LogP contribution >= 0.6 is 0 Å². The van der Waals surface area contributed by atoms with Gasteiger partial charge in [-0.3, -0.25) is 9.48 Å². The molecule has 7 nitrogen and oxygen atoms in total. The van der Waals surface area contributed by atoms with Gasteiger partial charge in [0.15, 0.2) is 6.10 Å². The van der Waals surface area contributed by atoms with Gasteiger partial charge in [0.05, 0.1) is 31.5 Å². The van der Waals surface area contributed by atoms with Crippen LogP contribution in [0.25, 0.3) is 0 Å². The number of aliphatic carboxylic acids is 1. The van der Waals surface area contributed by atoms with Gasteiger partial charge in [-0.1, -0.05) is 30.3 Å². The molecule has 1 aromatic carbocycles. The van der Waals surface area contributed by atoms with E-state index in [9.17, 15) is 9.59 Å². The molecule has 1 aliphatic heterocycles. The number of hydrogen-bond acceptors (Lipinski definition) is 4. The number of carboxylic acid groups (broad SMARTS) is 1. The van der Waals surface area contributed by atoms with Crippen LogP contribution in [0.4, 0.5) is 0 Å². The fraction of sp³-hybridized carbons (Fsp3) is 0.312. The zero-order valence-electron chi connectivity index (χ0n) is 12.5. The molecule has 1 aromatic heterocycles. The highest BCUT2D eigenvalue weighted by molar-refractivity contribution is 5.94. The van der Waals surface area contributed by atoms with E-state index in [1.54, 1.807) is 10.9 Å². The second-order valence-corrected chi connectivity index (χ2v) is 5.36. The van der Waals surface area contributed by atoms with Gasteiger partial charge in [-0.25, -0.2) is 4.79 Å². The second-order valence-electron chi connectivity index (χ2n) is 5.36. The van der Waals surface area contributed by atoms with Gasteiger partial charge in [0.2, 0.25) is 0 Å². The lowest BCUT2D eigenvalue weighted by molar-refractivity contribution is -0.154. The number of benzene rings is 1. The molecular weight excluding hydrogens is 298 g/mol. The van der Waals surface area contributed by atoms with E-state index in [0.29, 0.717) is 18.7 Å². The standard InChI is InChI=1S/C16H17N3O4/c20-15(18-6-7-23-14(11-18)16(21)22)13-8-17-19(10-13)9-12-4-2-1-3-5-12/h1-5,8,10,14H,6-7,9,11H2,(H,21,22). The SMILES string of the molecule is O=C(O)C1CN(C(=O)c2cnn(Cc3ccccc3)c2)CCO1. The van der Waals surface area contributed by atoms with Crippen molar-refractivity contribution < 1.29 is 19.4 Å². The Bertz CT molecular complexity index is 698. The van der Waals surface area contributed by atoms with Gasteiger partial charge < -0.3 is 14.7 Å². The lowest BCUT2D eigenvalue weighted by Gasteiger charge is -2.30.